The molecule has 2 aromatic rings. The number of amides is 1. The SMILES string of the molecule is COc1ccc(NC(=O)C2CCN(c3cc(N4CCCC4)ncn3)CC2)cc1Cl. The highest BCUT2D eigenvalue weighted by molar-refractivity contribution is 6.32. The Labute approximate surface area is 176 Å². The van der Waals surface area contributed by atoms with Crippen molar-refractivity contribution in [2.45, 2.75) is 25.7 Å². The zero-order valence-corrected chi connectivity index (χ0v) is 17.4. The maximum atomic E-state index is 12.7. The summed E-state index contributed by atoms with van der Waals surface area (Å²) in [6.45, 7) is 3.73. The van der Waals surface area contributed by atoms with Crippen LogP contribution in [0.5, 0.6) is 5.75 Å². The Kier molecular flexibility index (Phi) is 6.04. The molecule has 2 aliphatic rings. The molecule has 154 valence electrons. The fourth-order valence-corrected chi connectivity index (χ4v) is 4.25. The molecule has 4 rings (SSSR count). The quantitative estimate of drug-likeness (QED) is 0.804. The van der Waals surface area contributed by atoms with Crippen molar-refractivity contribution in [2.24, 2.45) is 5.92 Å². The van der Waals surface area contributed by atoms with E-state index in [1.807, 2.05) is 0 Å². The number of carbonyl (C=O) groups excluding carboxylic acids is 1. The van der Waals surface area contributed by atoms with Crippen LogP contribution in [-0.2, 0) is 4.79 Å². The molecule has 0 spiro atoms. The number of hydrogen-bond acceptors (Lipinski definition) is 6. The molecule has 1 N–H and O–H groups in total. The summed E-state index contributed by atoms with van der Waals surface area (Å²) < 4.78 is 5.15. The minimum Gasteiger partial charge on any atom is -0.495 e. The van der Waals surface area contributed by atoms with Gasteiger partial charge in [0.25, 0.3) is 0 Å². The average Bonchev–Trinajstić information content (AvgIpc) is 3.29. The van der Waals surface area contributed by atoms with Gasteiger partial charge >= 0.3 is 0 Å². The van der Waals surface area contributed by atoms with Gasteiger partial charge < -0.3 is 19.9 Å². The molecule has 29 heavy (non-hydrogen) atoms. The maximum absolute atomic E-state index is 12.7. The first-order valence-corrected chi connectivity index (χ1v) is 10.5. The number of ether oxygens (including phenoxy) is 1. The van der Waals surface area contributed by atoms with Gasteiger partial charge in [0, 0.05) is 43.9 Å². The van der Waals surface area contributed by atoms with Gasteiger partial charge in [0.1, 0.15) is 23.7 Å². The number of nitrogens with zero attached hydrogens (tertiary/aromatic N) is 4. The van der Waals surface area contributed by atoms with Crippen LogP contribution < -0.4 is 19.9 Å². The van der Waals surface area contributed by atoms with Gasteiger partial charge in [0.15, 0.2) is 0 Å². The molecule has 0 bridgehead atoms. The monoisotopic (exact) mass is 415 g/mol. The molecule has 7 nitrogen and oxygen atoms in total. The van der Waals surface area contributed by atoms with Crippen molar-refractivity contribution >= 4 is 34.8 Å². The molecule has 1 amide bonds. The first kappa shape index (κ1) is 19.8. The number of benzene rings is 1. The number of nitrogens with one attached hydrogen (secondary N) is 1. The molecule has 1 aromatic heterocycles. The van der Waals surface area contributed by atoms with Crippen LogP contribution in [-0.4, -0.2) is 49.2 Å². The first-order chi connectivity index (χ1) is 14.1. The number of anilines is 3. The Morgan fingerprint density at radius 1 is 1.07 bits per heavy atom. The zero-order valence-electron chi connectivity index (χ0n) is 16.6. The van der Waals surface area contributed by atoms with Gasteiger partial charge in [-0.2, -0.15) is 0 Å². The summed E-state index contributed by atoms with van der Waals surface area (Å²) in [5.74, 6) is 2.56. The van der Waals surface area contributed by atoms with Crippen LogP contribution in [0.2, 0.25) is 5.02 Å². The average molecular weight is 416 g/mol. The van der Waals surface area contributed by atoms with Crippen molar-refractivity contribution < 1.29 is 9.53 Å². The fourth-order valence-electron chi connectivity index (χ4n) is 3.99. The van der Waals surface area contributed by atoms with E-state index in [0.29, 0.717) is 16.5 Å². The summed E-state index contributed by atoms with van der Waals surface area (Å²) in [5.41, 5.74) is 0.689. The number of rotatable bonds is 5. The second-order valence-corrected chi connectivity index (χ2v) is 7.94. The van der Waals surface area contributed by atoms with Gasteiger partial charge in [-0.15, -0.1) is 0 Å². The van der Waals surface area contributed by atoms with Crippen LogP contribution in [0.15, 0.2) is 30.6 Å². The molecular weight excluding hydrogens is 390 g/mol. The lowest BCUT2D eigenvalue weighted by molar-refractivity contribution is -0.120. The minimum absolute atomic E-state index is 0.0213. The Hall–Kier alpha value is -2.54. The summed E-state index contributed by atoms with van der Waals surface area (Å²) in [7, 11) is 1.57. The Morgan fingerprint density at radius 3 is 2.34 bits per heavy atom. The molecule has 0 unspecified atom stereocenters. The minimum atomic E-state index is -0.0213. The van der Waals surface area contributed by atoms with E-state index >= 15 is 0 Å². The molecular formula is C21H26ClN5O2. The van der Waals surface area contributed by atoms with Gasteiger partial charge in [-0.25, -0.2) is 9.97 Å². The number of hydrogen-bond donors (Lipinski definition) is 1. The van der Waals surface area contributed by atoms with E-state index < -0.39 is 0 Å². The first-order valence-electron chi connectivity index (χ1n) is 10.1. The van der Waals surface area contributed by atoms with Crippen LogP contribution in [0.3, 0.4) is 0 Å². The molecule has 3 heterocycles. The molecule has 0 saturated carbocycles. The number of carbonyl (C=O) groups is 1. The van der Waals surface area contributed by atoms with Crippen molar-refractivity contribution in [1.82, 2.24) is 9.97 Å². The van der Waals surface area contributed by atoms with E-state index in [9.17, 15) is 4.79 Å². The highest BCUT2D eigenvalue weighted by Gasteiger charge is 2.26. The lowest BCUT2D eigenvalue weighted by Gasteiger charge is -2.32. The Balaban J connectivity index is 1.34. The summed E-state index contributed by atoms with van der Waals surface area (Å²) in [5, 5.41) is 3.46. The predicted molar refractivity (Wildman–Crippen MR) is 115 cm³/mol. The molecule has 2 fully saturated rings. The van der Waals surface area contributed by atoms with E-state index in [2.05, 4.69) is 31.2 Å². The fraction of sp³-hybridized carbons (Fsp3) is 0.476. The number of methoxy groups -OCH3 is 1. The van der Waals surface area contributed by atoms with Crippen molar-refractivity contribution in [3.8, 4) is 5.75 Å². The maximum Gasteiger partial charge on any atom is 0.227 e. The summed E-state index contributed by atoms with van der Waals surface area (Å²) in [4.78, 5) is 26.1. The van der Waals surface area contributed by atoms with Gasteiger partial charge in [-0.05, 0) is 43.9 Å². The molecule has 0 radical (unpaired) electrons. The van der Waals surface area contributed by atoms with Crippen LogP contribution in [0.4, 0.5) is 17.3 Å². The second-order valence-electron chi connectivity index (χ2n) is 7.53. The van der Waals surface area contributed by atoms with Crippen LogP contribution in [0.25, 0.3) is 0 Å². The third kappa shape index (κ3) is 4.56. The van der Waals surface area contributed by atoms with Crippen molar-refractivity contribution in [2.75, 3.05) is 48.4 Å². The molecule has 1 aromatic carbocycles. The Bertz CT molecular complexity index is 864. The third-order valence-corrected chi connectivity index (χ3v) is 5.97. The van der Waals surface area contributed by atoms with Gasteiger partial charge in [-0.3, -0.25) is 4.79 Å². The van der Waals surface area contributed by atoms with Crippen LogP contribution in [0.1, 0.15) is 25.7 Å². The molecule has 2 aliphatic heterocycles. The standard InChI is InChI=1S/C21H26ClN5O2/c1-29-18-5-4-16(12-17(18)22)25-21(28)15-6-10-27(11-7-15)20-13-19(23-14-24-20)26-8-2-3-9-26/h4-5,12-15H,2-3,6-11H2,1H3,(H,25,28). The molecule has 2 saturated heterocycles. The number of halogens is 1. The second kappa shape index (κ2) is 8.86. The van der Waals surface area contributed by atoms with Gasteiger partial charge in [0.2, 0.25) is 5.91 Å². The third-order valence-electron chi connectivity index (χ3n) is 5.68. The van der Waals surface area contributed by atoms with E-state index in [-0.39, 0.29) is 11.8 Å². The van der Waals surface area contributed by atoms with Crippen molar-refractivity contribution in [3.63, 3.8) is 0 Å². The summed E-state index contributed by atoms with van der Waals surface area (Å²) in [6, 6.07) is 7.35. The predicted octanol–water partition coefficient (Wildman–Crippen LogP) is 3.59. The number of aromatic nitrogens is 2. The van der Waals surface area contributed by atoms with Gasteiger partial charge in [0.05, 0.1) is 12.1 Å². The normalized spacial score (nSPS) is 17.4. The van der Waals surface area contributed by atoms with E-state index in [4.69, 9.17) is 16.3 Å². The number of piperidine rings is 1. The largest absolute Gasteiger partial charge is 0.495 e. The lowest BCUT2D eigenvalue weighted by atomic mass is 9.96. The topological polar surface area (TPSA) is 70.6 Å². The van der Waals surface area contributed by atoms with Crippen LogP contribution in [0, 0.1) is 5.92 Å². The molecule has 0 aliphatic carbocycles. The molecule has 8 heteroatoms. The smallest absolute Gasteiger partial charge is 0.227 e. The van der Waals surface area contributed by atoms with E-state index in [1.165, 1.54) is 12.8 Å². The van der Waals surface area contributed by atoms with E-state index in [0.717, 1.165) is 50.7 Å². The Morgan fingerprint density at radius 2 is 1.72 bits per heavy atom. The van der Waals surface area contributed by atoms with Crippen molar-refractivity contribution in [1.29, 1.82) is 0 Å². The van der Waals surface area contributed by atoms with Crippen LogP contribution >= 0.6 is 11.6 Å². The lowest BCUT2D eigenvalue weighted by Crippen LogP contribution is -2.38. The highest BCUT2D eigenvalue weighted by atomic mass is 35.5. The summed E-state index contributed by atoms with van der Waals surface area (Å²) in [6.07, 6.45) is 5.67. The van der Waals surface area contributed by atoms with Gasteiger partial charge in [-0.1, -0.05) is 11.6 Å². The molecule has 0 atom stereocenters. The highest BCUT2D eigenvalue weighted by Crippen LogP contribution is 2.29. The summed E-state index contributed by atoms with van der Waals surface area (Å²) >= 11 is 6.15. The van der Waals surface area contributed by atoms with E-state index in [1.54, 1.807) is 31.6 Å². The van der Waals surface area contributed by atoms with Crippen molar-refractivity contribution in [3.05, 3.63) is 35.6 Å². The zero-order chi connectivity index (χ0) is 20.2.